The molecule has 2 rings (SSSR count). The van der Waals surface area contributed by atoms with E-state index in [1.807, 2.05) is 0 Å². The lowest BCUT2D eigenvalue weighted by Crippen LogP contribution is -2.40. The molecule has 2 heterocycles. The van der Waals surface area contributed by atoms with E-state index in [1.54, 1.807) is 11.6 Å². The van der Waals surface area contributed by atoms with E-state index in [0.29, 0.717) is 25.9 Å². The van der Waals surface area contributed by atoms with E-state index in [4.69, 9.17) is 0 Å². The van der Waals surface area contributed by atoms with Gasteiger partial charge in [-0.2, -0.15) is 4.31 Å². The highest BCUT2D eigenvalue weighted by Gasteiger charge is 2.30. The van der Waals surface area contributed by atoms with Crippen molar-refractivity contribution in [3.05, 3.63) is 12.5 Å². The zero-order valence-corrected chi connectivity index (χ0v) is 9.89. The Morgan fingerprint density at radius 3 is 2.56 bits per heavy atom. The average molecular weight is 245 g/mol. The van der Waals surface area contributed by atoms with E-state index in [-0.39, 0.29) is 11.1 Å². The van der Waals surface area contributed by atoms with Gasteiger partial charge in [0.05, 0.1) is 12.4 Å². The molecule has 1 aromatic rings. The molecule has 0 atom stereocenters. The molecule has 0 radical (unpaired) electrons. The molecule has 1 aliphatic heterocycles. The normalized spacial score (nSPS) is 20.1. The summed E-state index contributed by atoms with van der Waals surface area (Å²) in [6, 6.07) is 0. The molecule has 6 nitrogen and oxygen atoms in total. The lowest BCUT2D eigenvalue weighted by Gasteiger charge is -2.27. The van der Waals surface area contributed by atoms with Gasteiger partial charge in [-0.05, 0) is 12.8 Å². The third kappa shape index (κ3) is 2.11. The van der Waals surface area contributed by atoms with E-state index in [1.165, 1.54) is 16.8 Å². The van der Waals surface area contributed by atoms with Gasteiger partial charge in [-0.3, -0.25) is 0 Å². The van der Waals surface area contributed by atoms with Gasteiger partial charge in [-0.25, -0.2) is 13.4 Å². The second kappa shape index (κ2) is 4.15. The summed E-state index contributed by atoms with van der Waals surface area (Å²) in [7, 11) is -1.75. The third-order valence-corrected chi connectivity index (χ3v) is 4.49. The van der Waals surface area contributed by atoms with Crippen molar-refractivity contribution in [1.29, 1.82) is 0 Å². The highest BCUT2D eigenvalue weighted by Crippen LogP contribution is 2.18. The number of aromatic nitrogens is 2. The molecule has 0 aromatic carbocycles. The summed E-state index contributed by atoms with van der Waals surface area (Å²) in [4.78, 5) is 3.85. The van der Waals surface area contributed by atoms with Gasteiger partial charge in [-0.15, -0.1) is 0 Å². The van der Waals surface area contributed by atoms with Crippen LogP contribution in [0.1, 0.15) is 12.8 Å². The Kier molecular flexibility index (Phi) is 3.00. The maximum absolute atomic E-state index is 12.1. The SMILES string of the molecule is Cn1cnc(S(=O)(=O)N2CCC(O)CC2)c1. The van der Waals surface area contributed by atoms with Crippen LogP contribution in [0.2, 0.25) is 0 Å². The largest absolute Gasteiger partial charge is 0.393 e. The molecule has 0 saturated carbocycles. The molecule has 0 spiro atoms. The number of rotatable bonds is 2. The number of piperidine rings is 1. The highest BCUT2D eigenvalue weighted by atomic mass is 32.2. The fourth-order valence-electron chi connectivity index (χ4n) is 1.74. The van der Waals surface area contributed by atoms with Gasteiger partial charge in [-0.1, -0.05) is 0 Å². The van der Waals surface area contributed by atoms with Gasteiger partial charge >= 0.3 is 0 Å². The number of aryl methyl sites for hydroxylation is 1. The minimum Gasteiger partial charge on any atom is -0.393 e. The van der Waals surface area contributed by atoms with Gasteiger partial charge in [0.2, 0.25) is 0 Å². The zero-order valence-electron chi connectivity index (χ0n) is 9.07. The molecule has 0 bridgehead atoms. The molecule has 90 valence electrons. The number of sulfonamides is 1. The van der Waals surface area contributed by atoms with E-state index in [9.17, 15) is 13.5 Å². The Labute approximate surface area is 94.6 Å². The minimum absolute atomic E-state index is 0.0754. The maximum atomic E-state index is 12.1. The molecular formula is C9H15N3O3S. The second-order valence-corrected chi connectivity index (χ2v) is 5.90. The Morgan fingerprint density at radius 1 is 1.44 bits per heavy atom. The number of nitrogens with zero attached hydrogens (tertiary/aromatic N) is 3. The monoisotopic (exact) mass is 245 g/mol. The summed E-state index contributed by atoms with van der Waals surface area (Å²) in [6.45, 7) is 0.722. The molecule has 1 fully saturated rings. The molecule has 7 heteroatoms. The van der Waals surface area contributed by atoms with Crippen LogP contribution in [-0.2, 0) is 17.1 Å². The molecular weight excluding hydrogens is 230 g/mol. The highest BCUT2D eigenvalue weighted by molar-refractivity contribution is 7.89. The van der Waals surface area contributed by atoms with Crippen LogP contribution in [0.15, 0.2) is 17.6 Å². The summed E-state index contributed by atoms with van der Waals surface area (Å²) in [5, 5.41) is 9.40. The standard InChI is InChI=1S/C9H15N3O3S/c1-11-6-9(10-7-11)16(14,15)12-4-2-8(13)3-5-12/h6-8,13H,2-5H2,1H3. The molecule has 0 aliphatic carbocycles. The zero-order chi connectivity index (χ0) is 11.8. The van der Waals surface area contributed by atoms with Crippen molar-refractivity contribution in [2.45, 2.75) is 24.0 Å². The molecule has 0 unspecified atom stereocenters. The fraction of sp³-hybridized carbons (Fsp3) is 0.667. The van der Waals surface area contributed by atoms with Crippen LogP contribution >= 0.6 is 0 Å². The van der Waals surface area contributed by atoms with Crippen molar-refractivity contribution in [3.8, 4) is 0 Å². The summed E-state index contributed by atoms with van der Waals surface area (Å²) in [5.41, 5.74) is 0. The van der Waals surface area contributed by atoms with Crippen molar-refractivity contribution < 1.29 is 13.5 Å². The number of hydrogen-bond acceptors (Lipinski definition) is 4. The Morgan fingerprint density at radius 2 is 2.06 bits per heavy atom. The molecule has 1 N–H and O–H groups in total. The van der Waals surface area contributed by atoms with Crippen molar-refractivity contribution in [2.75, 3.05) is 13.1 Å². The summed E-state index contributed by atoms with van der Waals surface area (Å²) < 4.78 is 27.1. The third-order valence-electron chi connectivity index (χ3n) is 2.71. The first kappa shape index (κ1) is 11.6. The van der Waals surface area contributed by atoms with Crippen molar-refractivity contribution in [2.24, 2.45) is 7.05 Å². The molecule has 1 aromatic heterocycles. The Balaban J connectivity index is 2.20. The quantitative estimate of drug-likeness (QED) is 0.767. The summed E-state index contributed by atoms with van der Waals surface area (Å²) in [5.74, 6) is 0. The molecule has 16 heavy (non-hydrogen) atoms. The lowest BCUT2D eigenvalue weighted by atomic mass is 10.1. The van der Waals surface area contributed by atoms with Crippen molar-refractivity contribution >= 4 is 10.0 Å². The predicted octanol–water partition coefficient (Wildman–Crippen LogP) is -0.435. The first-order valence-corrected chi connectivity index (χ1v) is 6.60. The van der Waals surface area contributed by atoms with Gasteiger partial charge in [0, 0.05) is 26.3 Å². The minimum atomic E-state index is -3.47. The predicted molar refractivity (Wildman–Crippen MR) is 57.2 cm³/mol. The van der Waals surface area contributed by atoms with E-state index in [2.05, 4.69) is 4.98 Å². The van der Waals surface area contributed by atoms with Crippen LogP contribution in [0, 0.1) is 0 Å². The topological polar surface area (TPSA) is 75.4 Å². The number of imidazole rings is 1. The second-order valence-electron chi connectivity index (χ2n) is 4.01. The van der Waals surface area contributed by atoms with Crippen molar-refractivity contribution in [1.82, 2.24) is 13.9 Å². The first-order valence-electron chi connectivity index (χ1n) is 5.16. The van der Waals surface area contributed by atoms with Crippen LogP contribution in [-0.4, -0.2) is 46.6 Å². The van der Waals surface area contributed by atoms with Gasteiger partial charge < -0.3 is 9.67 Å². The van der Waals surface area contributed by atoms with Gasteiger partial charge in [0.25, 0.3) is 10.0 Å². The van der Waals surface area contributed by atoms with Crippen LogP contribution < -0.4 is 0 Å². The first-order chi connectivity index (χ1) is 7.50. The van der Waals surface area contributed by atoms with E-state index in [0.717, 1.165) is 0 Å². The average Bonchev–Trinajstić information content (AvgIpc) is 2.66. The Hall–Kier alpha value is -0.920. The summed E-state index contributed by atoms with van der Waals surface area (Å²) >= 11 is 0. The fourth-order valence-corrected chi connectivity index (χ4v) is 3.17. The molecule has 1 saturated heterocycles. The van der Waals surface area contributed by atoms with Crippen LogP contribution in [0.4, 0.5) is 0 Å². The van der Waals surface area contributed by atoms with Crippen LogP contribution in [0.3, 0.4) is 0 Å². The van der Waals surface area contributed by atoms with E-state index >= 15 is 0 Å². The van der Waals surface area contributed by atoms with E-state index < -0.39 is 10.0 Å². The Bertz CT molecular complexity index is 460. The maximum Gasteiger partial charge on any atom is 0.262 e. The lowest BCUT2D eigenvalue weighted by molar-refractivity contribution is 0.113. The summed E-state index contributed by atoms with van der Waals surface area (Å²) in [6.07, 6.45) is 3.56. The number of hydrogen-bond donors (Lipinski definition) is 1. The number of aliphatic hydroxyl groups excluding tert-OH is 1. The van der Waals surface area contributed by atoms with Crippen molar-refractivity contribution in [3.63, 3.8) is 0 Å². The smallest absolute Gasteiger partial charge is 0.262 e. The van der Waals surface area contributed by atoms with Gasteiger partial charge in [0.15, 0.2) is 5.03 Å². The van der Waals surface area contributed by atoms with Gasteiger partial charge in [0.1, 0.15) is 0 Å². The molecule has 1 aliphatic rings. The number of aliphatic hydroxyl groups is 1. The molecule has 0 amide bonds. The van der Waals surface area contributed by atoms with Crippen LogP contribution in [0.25, 0.3) is 0 Å². The van der Waals surface area contributed by atoms with Crippen LogP contribution in [0.5, 0.6) is 0 Å².